The topological polar surface area (TPSA) is 52.3 Å². The average molecular weight is 281 g/mol. The van der Waals surface area contributed by atoms with Gasteiger partial charge in [0.1, 0.15) is 0 Å². The van der Waals surface area contributed by atoms with E-state index < -0.39 is 10.8 Å². The summed E-state index contributed by atoms with van der Waals surface area (Å²) in [5.74, 6) is 1.09. The van der Waals surface area contributed by atoms with Gasteiger partial charge in [0.15, 0.2) is 0 Å². The maximum absolute atomic E-state index is 12.3. The van der Waals surface area contributed by atoms with Crippen molar-refractivity contribution >= 4 is 10.8 Å². The summed E-state index contributed by atoms with van der Waals surface area (Å²) in [6, 6.07) is 10.6. The molecule has 0 amide bonds. The van der Waals surface area contributed by atoms with Crippen LogP contribution in [0.15, 0.2) is 30.3 Å². The molecular formula is C15H23NO2S. The van der Waals surface area contributed by atoms with Crippen molar-refractivity contribution in [3.8, 4) is 0 Å². The molecule has 0 heterocycles. The molecule has 4 heteroatoms. The summed E-state index contributed by atoms with van der Waals surface area (Å²) < 4.78 is 17.3. The van der Waals surface area contributed by atoms with E-state index in [1.165, 1.54) is 5.56 Å². The Hall–Kier alpha value is -0.710. The van der Waals surface area contributed by atoms with Gasteiger partial charge in [-0.1, -0.05) is 30.3 Å². The highest BCUT2D eigenvalue weighted by Gasteiger charge is 2.32. The minimum absolute atomic E-state index is 0.0673. The molecular weight excluding hydrogens is 258 g/mol. The van der Waals surface area contributed by atoms with Gasteiger partial charge in [-0.15, -0.1) is 0 Å². The zero-order chi connectivity index (χ0) is 13.7. The summed E-state index contributed by atoms with van der Waals surface area (Å²) in [6.45, 7) is 0.547. The molecule has 4 unspecified atom stereocenters. The van der Waals surface area contributed by atoms with E-state index in [4.69, 9.17) is 10.5 Å². The van der Waals surface area contributed by atoms with E-state index in [-0.39, 0.29) is 11.3 Å². The summed E-state index contributed by atoms with van der Waals surface area (Å²) in [4.78, 5) is 0. The molecule has 0 saturated heterocycles. The fraction of sp³-hybridized carbons (Fsp3) is 0.600. The Kier molecular flexibility index (Phi) is 5.55. The van der Waals surface area contributed by atoms with Crippen LogP contribution in [0.2, 0.25) is 0 Å². The van der Waals surface area contributed by atoms with Crippen LogP contribution in [0.25, 0.3) is 0 Å². The lowest BCUT2D eigenvalue weighted by Crippen LogP contribution is -2.43. The number of nitrogens with two attached hydrogens (primary N) is 1. The van der Waals surface area contributed by atoms with Crippen LogP contribution in [0.4, 0.5) is 0 Å². The minimum atomic E-state index is -0.881. The van der Waals surface area contributed by atoms with Crippen molar-refractivity contribution in [1.82, 2.24) is 0 Å². The molecule has 1 aromatic rings. The van der Waals surface area contributed by atoms with Gasteiger partial charge >= 0.3 is 0 Å². The van der Waals surface area contributed by atoms with Crippen LogP contribution in [0.5, 0.6) is 0 Å². The first-order chi connectivity index (χ1) is 9.22. The van der Waals surface area contributed by atoms with Gasteiger partial charge in [-0.3, -0.25) is 4.21 Å². The van der Waals surface area contributed by atoms with E-state index in [1.807, 2.05) is 6.07 Å². The van der Waals surface area contributed by atoms with Crippen LogP contribution in [0.1, 0.15) is 30.7 Å². The highest BCUT2D eigenvalue weighted by molar-refractivity contribution is 7.85. The molecule has 0 spiro atoms. The smallest absolute Gasteiger partial charge is 0.0577 e. The minimum Gasteiger partial charge on any atom is -0.384 e. The first kappa shape index (κ1) is 14.7. The molecule has 1 aliphatic rings. The molecule has 1 aromatic carbocycles. The van der Waals surface area contributed by atoms with E-state index in [0.717, 1.165) is 19.3 Å². The summed E-state index contributed by atoms with van der Waals surface area (Å²) in [7, 11) is 0.763. The molecule has 1 fully saturated rings. The quantitative estimate of drug-likeness (QED) is 0.898. The van der Waals surface area contributed by atoms with Crippen LogP contribution >= 0.6 is 0 Å². The van der Waals surface area contributed by atoms with Crippen LogP contribution in [0.3, 0.4) is 0 Å². The molecule has 2 rings (SSSR count). The van der Waals surface area contributed by atoms with Crippen LogP contribution in [-0.2, 0) is 15.5 Å². The lowest BCUT2D eigenvalue weighted by atomic mass is 9.82. The zero-order valence-corrected chi connectivity index (χ0v) is 12.3. The lowest BCUT2D eigenvalue weighted by molar-refractivity contribution is 0.217. The van der Waals surface area contributed by atoms with Gasteiger partial charge in [0.2, 0.25) is 0 Å². The predicted octanol–water partition coefficient (Wildman–Crippen LogP) is 2.05. The van der Waals surface area contributed by atoms with Crippen molar-refractivity contribution in [1.29, 1.82) is 0 Å². The van der Waals surface area contributed by atoms with Crippen LogP contribution in [-0.4, -0.2) is 35.0 Å². The second-order valence-electron chi connectivity index (χ2n) is 5.20. The van der Waals surface area contributed by atoms with E-state index in [1.54, 1.807) is 7.11 Å². The van der Waals surface area contributed by atoms with E-state index >= 15 is 0 Å². The average Bonchev–Trinajstić information content (AvgIpc) is 2.46. The summed E-state index contributed by atoms with van der Waals surface area (Å²) in [5.41, 5.74) is 7.51. The predicted molar refractivity (Wildman–Crippen MR) is 79.7 cm³/mol. The monoisotopic (exact) mass is 281 g/mol. The lowest BCUT2D eigenvalue weighted by Gasteiger charge is -2.33. The molecule has 3 nitrogen and oxygen atoms in total. The third-order valence-electron chi connectivity index (χ3n) is 3.94. The third kappa shape index (κ3) is 3.88. The Bertz CT molecular complexity index is 410. The van der Waals surface area contributed by atoms with Crippen molar-refractivity contribution in [2.75, 3.05) is 19.5 Å². The molecule has 4 atom stereocenters. The largest absolute Gasteiger partial charge is 0.384 e. The van der Waals surface area contributed by atoms with Crippen LogP contribution < -0.4 is 5.73 Å². The second kappa shape index (κ2) is 7.17. The normalized spacial score (nSPS) is 29.1. The van der Waals surface area contributed by atoms with Gasteiger partial charge in [-0.2, -0.15) is 0 Å². The van der Waals surface area contributed by atoms with Gasteiger partial charge in [0, 0.05) is 29.7 Å². The first-order valence-corrected chi connectivity index (χ1v) is 8.27. The summed E-state index contributed by atoms with van der Waals surface area (Å²) >= 11 is 0. The van der Waals surface area contributed by atoms with Gasteiger partial charge in [0.05, 0.1) is 11.9 Å². The van der Waals surface area contributed by atoms with Gasteiger partial charge < -0.3 is 10.5 Å². The number of rotatable bonds is 5. The highest BCUT2D eigenvalue weighted by atomic mass is 32.2. The molecule has 19 heavy (non-hydrogen) atoms. The Morgan fingerprint density at radius 2 is 2.05 bits per heavy atom. The molecule has 1 saturated carbocycles. The molecule has 0 radical (unpaired) electrons. The fourth-order valence-electron chi connectivity index (χ4n) is 2.80. The number of methoxy groups -OCH3 is 1. The Morgan fingerprint density at radius 1 is 1.32 bits per heavy atom. The van der Waals surface area contributed by atoms with Gasteiger partial charge in [-0.25, -0.2) is 0 Å². The Balaban J connectivity index is 2.02. The zero-order valence-electron chi connectivity index (χ0n) is 11.5. The highest BCUT2D eigenvalue weighted by Crippen LogP contribution is 2.34. The van der Waals surface area contributed by atoms with Crippen molar-refractivity contribution in [2.24, 2.45) is 5.73 Å². The molecule has 0 bridgehead atoms. The second-order valence-corrected chi connectivity index (χ2v) is 6.98. The fourth-order valence-corrected chi connectivity index (χ4v) is 4.41. The van der Waals surface area contributed by atoms with Crippen molar-refractivity contribution < 1.29 is 8.95 Å². The standard InChI is InChI=1S/C15H23NO2S/c1-18-9-10-19(17)15-11-13(7-8-14(15)16)12-5-3-2-4-6-12/h2-6,13-15H,7-11,16H2,1H3. The maximum atomic E-state index is 12.3. The summed E-state index contributed by atoms with van der Waals surface area (Å²) in [5, 5.41) is 0.106. The van der Waals surface area contributed by atoms with E-state index in [9.17, 15) is 4.21 Å². The van der Waals surface area contributed by atoms with Gasteiger partial charge in [-0.05, 0) is 30.7 Å². The maximum Gasteiger partial charge on any atom is 0.0577 e. The number of hydrogen-bond acceptors (Lipinski definition) is 3. The Labute approximate surface area is 118 Å². The number of hydrogen-bond donors (Lipinski definition) is 1. The Morgan fingerprint density at radius 3 is 2.74 bits per heavy atom. The molecule has 2 N–H and O–H groups in total. The number of benzene rings is 1. The van der Waals surface area contributed by atoms with Gasteiger partial charge in [0.25, 0.3) is 0 Å². The molecule has 106 valence electrons. The van der Waals surface area contributed by atoms with Crippen molar-refractivity contribution in [3.63, 3.8) is 0 Å². The third-order valence-corrected chi connectivity index (χ3v) is 5.73. The van der Waals surface area contributed by atoms with E-state index in [0.29, 0.717) is 18.3 Å². The van der Waals surface area contributed by atoms with Crippen LogP contribution in [0, 0.1) is 0 Å². The first-order valence-electron chi connectivity index (χ1n) is 6.89. The number of ether oxygens (including phenoxy) is 1. The molecule has 1 aliphatic carbocycles. The summed E-state index contributed by atoms with van der Waals surface area (Å²) in [6.07, 6.45) is 2.99. The van der Waals surface area contributed by atoms with Crippen molar-refractivity contribution in [3.05, 3.63) is 35.9 Å². The molecule has 0 aromatic heterocycles. The van der Waals surface area contributed by atoms with E-state index in [2.05, 4.69) is 24.3 Å². The molecule has 0 aliphatic heterocycles. The van der Waals surface area contributed by atoms with Crippen molar-refractivity contribution in [2.45, 2.75) is 36.5 Å². The SMILES string of the molecule is COCCS(=O)C1CC(c2ccccc2)CCC1N.